The quantitative estimate of drug-likeness (QED) is 0.922. The summed E-state index contributed by atoms with van der Waals surface area (Å²) in [5.41, 5.74) is 5.68. The molecule has 1 fully saturated rings. The van der Waals surface area contributed by atoms with E-state index in [1.807, 2.05) is 0 Å². The predicted octanol–water partition coefficient (Wildman–Crippen LogP) is 1.95. The maximum Gasteiger partial charge on any atom is 0.229 e. The van der Waals surface area contributed by atoms with Gasteiger partial charge in [-0.05, 0) is 12.8 Å². The summed E-state index contributed by atoms with van der Waals surface area (Å²) in [7, 11) is 0. The summed E-state index contributed by atoms with van der Waals surface area (Å²) >= 11 is 0. The molecule has 3 heterocycles. The normalized spacial score (nSPS) is 16.6. The lowest BCUT2D eigenvalue weighted by Gasteiger charge is -2.31. The van der Waals surface area contributed by atoms with E-state index in [9.17, 15) is 0 Å². The van der Waals surface area contributed by atoms with E-state index in [4.69, 9.17) is 10.3 Å². The standard InChI is InChI=1S/C14H20N6O/c1-9(2)13-18-14(21-19-13)10-3-5-20(6-4-10)12-8-16-7-11(15)17-12/h7-10H,3-6H2,1-2H3,(H2,15,17). The fourth-order valence-corrected chi connectivity index (χ4v) is 2.53. The second kappa shape index (κ2) is 5.67. The molecule has 3 rings (SSSR count). The number of piperidine rings is 1. The Labute approximate surface area is 123 Å². The molecule has 1 saturated heterocycles. The van der Waals surface area contributed by atoms with Gasteiger partial charge >= 0.3 is 0 Å². The highest BCUT2D eigenvalue weighted by atomic mass is 16.5. The zero-order valence-corrected chi connectivity index (χ0v) is 12.4. The van der Waals surface area contributed by atoms with Gasteiger partial charge in [-0.1, -0.05) is 19.0 Å². The van der Waals surface area contributed by atoms with E-state index in [2.05, 4.69) is 38.9 Å². The first kappa shape index (κ1) is 13.8. The Morgan fingerprint density at radius 3 is 2.62 bits per heavy atom. The highest BCUT2D eigenvalue weighted by Gasteiger charge is 2.26. The molecule has 0 bridgehead atoms. The van der Waals surface area contributed by atoms with Crippen LogP contribution >= 0.6 is 0 Å². The molecule has 1 aliphatic rings. The zero-order chi connectivity index (χ0) is 14.8. The van der Waals surface area contributed by atoms with Crippen molar-refractivity contribution in [1.29, 1.82) is 0 Å². The first-order valence-corrected chi connectivity index (χ1v) is 7.29. The smallest absolute Gasteiger partial charge is 0.229 e. The number of nitrogens with zero attached hydrogens (tertiary/aromatic N) is 5. The third kappa shape index (κ3) is 2.96. The van der Waals surface area contributed by atoms with Gasteiger partial charge in [-0.25, -0.2) is 4.98 Å². The molecule has 1 aliphatic heterocycles. The minimum Gasteiger partial charge on any atom is -0.382 e. The lowest BCUT2D eigenvalue weighted by Crippen LogP contribution is -2.33. The minimum absolute atomic E-state index is 0.296. The van der Waals surface area contributed by atoms with E-state index in [0.717, 1.165) is 43.5 Å². The summed E-state index contributed by atoms with van der Waals surface area (Å²) in [6, 6.07) is 0. The van der Waals surface area contributed by atoms with Crippen LogP contribution in [0.1, 0.15) is 50.2 Å². The Morgan fingerprint density at radius 2 is 2.00 bits per heavy atom. The van der Waals surface area contributed by atoms with Crippen molar-refractivity contribution in [2.75, 3.05) is 23.7 Å². The SMILES string of the molecule is CC(C)c1noc(C2CCN(c3cncc(N)n3)CC2)n1. The lowest BCUT2D eigenvalue weighted by atomic mass is 9.97. The number of nitrogens with two attached hydrogens (primary N) is 1. The third-order valence-electron chi connectivity index (χ3n) is 3.78. The van der Waals surface area contributed by atoms with Crippen LogP contribution < -0.4 is 10.6 Å². The van der Waals surface area contributed by atoms with Crippen LogP contribution in [0.4, 0.5) is 11.6 Å². The van der Waals surface area contributed by atoms with Crippen LogP contribution in [0.25, 0.3) is 0 Å². The summed E-state index contributed by atoms with van der Waals surface area (Å²) in [5.74, 6) is 3.46. The summed E-state index contributed by atoms with van der Waals surface area (Å²) in [6.07, 6.45) is 5.24. The van der Waals surface area contributed by atoms with E-state index >= 15 is 0 Å². The maximum atomic E-state index is 5.68. The molecule has 2 N–H and O–H groups in total. The molecular weight excluding hydrogens is 268 g/mol. The molecule has 0 spiro atoms. The summed E-state index contributed by atoms with van der Waals surface area (Å²) in [5, 5.41) is 4.04. The fraction of sp³-hybridized carbons (Fsp3) is 0.571. The van der Waals surface area contributed by atoms with E-state index in [1.165, 1.54) is 0 Å². The minimum atomic E-state index is 0.296. The molecule has 7 nitrogen and oxygen atoms in total. The van der Waals surface area contributed by atoms with Gasteiger partial charge in [0.25, 0.3) is 0 Å². The summed E-state index contributed by atoms with van der Waals surface area (Å²) < 4.78 is 5.40. The Balaban J connectivity index is 1.64. The van der Waals surface area contributed by atoms with Crippen LogP contribution in [0, 0.1) is 0 Å². The number of aromatic nitrogens is 4. The average molecular weight is 288 g/mol. The molecule has 2 aromatic rings. The van der Waals surface area contributed by atoms with Crippen LogP contribution in [-0.2, 0) is 0 Å². The number of hydrogen-bond donors (Lipinski definition) is 1. The van der Waals surface area contributed by atoms with Crippen LogP contribution in [0.3, 0.4) is 0 Å². The van der Waals surface area contributed by atoms with Crippen LogP contribution in [-0.4, -0.2) is 33.2 Å². The highest BCUT2D eigenvalue weighted by Crippen LogP contribution is 2.29. The Hall–Kier alpha value is -2.18. The zero-order valence-electron chi connectivity index (χ0n) is 12.4. The van der Waals surface area contributed by atoms with Gasteiger partial charge in [-0.15, -0.1) is 0 Å². The van der Waals surface area contributed by atoms with E-state index in [0.29, 0.717) is 17.7 Å². The average Bonchev–Trinajstić information content (AvgIpc) is 2.97. The molecule has 7 heteroatoms. The van der Waals surface area contributed by atoms with E-state index < -0.39 is 0 Å². The largest absolute Gasteiger partial charge is 0.382 e. The number of rotatable bonds is 3. The molecule has 0 amide bonds. The van der Waals surface area contributed by atoms with Crippen molar-refractivity contribution in [3.05, 3.63) is 24.1 Å². The molecule has 21 heavy (non-hydrogen) atoms. The van der Waals surface area contributed by atoms with Crippen molar-refractivity contribution in [3.8, 4) is 0 Å². The topological polar surface area (TPSA) is 94.0 Å². The highest BCUT2D eigenvalue weighted by molar-refractivity contribution is 5.41. The first-order chi connectivity index (χ1) is 10.1. The van der Waals surface area contributed by atoms with Crippen LogP contribution in [0.5, 0.6) is 0 Å². The predicted molar refractivity (Wildman–Crippen MR) is 79.0 cm³/mol. The van der Waals surface area contributed by atoms with Gasteiger partial charge in [-0.3, -0.25) is 4.98 Å². The van der Waals surface area contributed by atoms with Gasteiger partial charge in [0.1, 0.15) is 11.6 Å². The van der Waals surface area contributed by atoms with E-state index in [-0.39, 0.29) is 0 Å². The molecule has 2 aromatic heterocycles. The Bertz CT molecular complexity index is 603. The molecule has 0 saturated carbocycles. The molecule has 0 unspecified atom stereocenters. The number of nitrogen functional groups attached to an aromatic ring is 1. The Kier molecular flexibility index (Phi) is 3.72. The van der Waals surface area contributed by atoms with Crippen LogP contribution in [0.2, 0.25) is 0 Å². The molecule has 0 aromatic carbocycles. The lowest BCUT2D eigenvalue weighted by molar-refractivity contribution is 0.325. The van der Waals surface area contributed by atoms with Gasteiger partial charge in [-0.2, -0.15) is 4.98 Å². The second-order valence-corrected chi connectivity index (χ2v) is 5.71. The Morgan fingerprint density at radius 1 is 1.24 bits per heavy atom. The van der Waals surface area contributed by atoms with Crippen LogP contribution in [0.15, 0.2) is 16.9 Å². The van der Waals surface area contributed by atoms with Gasteiger partial charge in [0.05, 0.1) is 12.4 Å². The number of anilines is 2. The van der Waals surface area contributed by atoms with Crippen molar-refractivity contribution >= 4 is 11.6 Å². The summed E-state index contributed by atoms with van der Waals surface area (Å²) in [6.45, 7) is 5.91. The van der Waals surface area contributed by atoms with Crippen molar-refractivity contribution in [1.82, 2.24) is 20.1 Å². The molecule has 0 atom stereocenters. The molecule has 0 radical (unpaired) electrons. The van der Waals surface area contributed by atoms with Crippen molar-refractivity contribution in [2.24, 2.45) is 0 Å². The molecule has 112 valence electrons. The number of hydrogen-bond acceptors (Lipinski definition) is 7. The molecule has 0 aliphatic carbocycles. The monoisotopic (exact) mass is 288 g/mol. The third-order valence-corrected chi connectivity index (χ3v) is 3.78. The first-order valence-electron chi connectivity index (χ1n) is 7.29. The van der Waals surface area contributed by atoms with E-state index in [1.54, 1.807) is 12.4 Å². The fourth-order valence-electron chi connectivity index (χ4n) is 2.53. The summed E-state index contributed by atoms with van der Waals surface area (Å²) in [4.78, 5) is 15.1. The van der Waals surface area contributed by atoms with Gasteiger partial charge in [0.2, 0.25) is 5.89 Å². The van der Waals surface area contributed by atoms with Crippen molar-refractivity contribution in [3.63, 3.8) is 0 Å². The van der Waals surface area contributed by atoms with Crippen molar-refractivity contribution < 1.29 is 4.52 Å². The van der Waals surface area contributed by atoms with Crippen molar-refractivity contribution in [2.45, 2.75) is 38.5 Å². The second-order valence-electron chi connectivity index (χ2n) is 5.71. The van der Waals surface area contributed by atoms with Gasteiger partial charge in [0, 0.05) is 24.9 Å². The molecular formula is C14H20N6O. The maximum absolute atomic E-state index is 5.68. The van der Waals surface area contributed by atoms with Gasteiger partial charge in [0.15, 0.2) is 5.82 Å². The van der Waals surface area contributed by atoms with Gasteiger partial charge < -0.3 is 15.2 Å².